The SMILES string of the molecule is OCC#Cc1cc(F)ccc1OCC1CCCC1. The summed E-state index contributed by atoms with van der Waals surface area (Å²) in [6.45, 7) is 0.429. The molecular weight excluding hydrogens is 231 g/mol. The molecule has 2 nitrogen and oxygen atoms in total. The Kier molecular flexibility index (Phi) is 4.60. The highest BCUT2D eigenvalue weighted by molar-refractivity contribution is 5.46. The second kappa shape index (κ2) is 6.42. The van der Waals surface area contributed by atoms with E-state index in [2.05, 4.69) is 11.8 Å². The predicted molar refractivity (Wildman–Crippen MR) is 67.8 cm³/mol. The van der Waals surface area contributed by atoms with Gasteiger partial charge in [-0.1, -0.05) is 24.7 Å². The van der Waals surface area contributed by atoms with Gasteiger partial charge in [0, 0.05) is 0 Å². The summed E-state index contributed by atoms with van der Waals surface area (Å²) in [6, 6.07) is 4.31. The number of hydrogen-bond acceptors (Lipinski definition) is 2. The molecule has 0 bridgehead atoms. The van der Waals surface area contributed by atoms with Crippen LogP contribution in [0.15, 0.2) is 18.2 Å². The van der Waals surface area contributed by atoms with Gasteiger partial charge < -0.3 is 9.84 Å². The molecule has 0 aromatic heterocycles. The van der Waals surface area contributed by atoms with Crippen molar-refractivity contribution in [2.75, 3.05) is 13.2 Å². The van der Waals surface area contributed by atoms with Crippen LogP contribution in [0.25, 0.3) is 0 Å². The first-order chi connectivity index (χ1) is 8.79. The fourth-order valence-corrected chi connectivity index (χ4v) is 2.25. The lowest BCUT2D eigenvalue weighted by molar-refractivity contribution is 0.251. The fraction of sp³-hybridized carbons (Fsp3) is 0.467. The highest BCUT2D eigenvalue weighted by Crippen LogP contribution is 2.26. The van der Waals surface area contributed by atoms with Crippen LogP contribution < -0.4 is 4.74 Å². The quantitative estimate of drug-likeness (QED) is 0.833. The molecular formula is C15H17FO2. The first-order valence-electron chi connectivity index (χ1n) is 6.31. The number of ether oxygens (including phenoxy) is 1. The number of benzene rings is 1. The van der Waals surface area contributed by atoms with E-state index >= 15 is 0 Å². The first-order valence-corrected chi connectivity index (χ1v) is 6.31. The lowest BCUT2D eigenvalue weighted by atomic mass is 10.1. The molecule has 0 radical (unpaired) electrons. The van der Waals surface area contributed by atoms with Gasteiger partial charge in [0.1, 0.15) is 18.2 Å². The van der Waals surface area contributed by atoms with Crippen LogP contribution in [0.3, 0.4) is 0 Å². The van der Waals surface area contributed by atoms with Crippen LogP contribution in [0, 0.1) is 23.6 Å². The van der Waals surface area contributed by atoms with Crippen LogP contribution in [-0.4, -0.2) is 18.3 Å². The number of hydrogen-bond donors (Lipinski definition) is 1. The van der Waals surface area contributed by atoms with Crippen molar-refractivity contribution in [2.45, 2.75) is 25.7 Å². The van der Waals surface area contributed by atoms with E-state index in [-0.39, 0.29) is 12.4 Å². The molecule has 0 unspecified atom stereocenters. The molecule has 1 aliphatic carbocycles. The molecule has 1 fully saturated rings. The van der Waals surface area contributed by atoms with E-state index in [0.29, 0.717) is 23.8 Å². The second-order valence-electron chi connectivity index (χ2n) is 4.56. The van der Waals surface area contributed by atoms with Crippen molar-refractivity contribution in [3.8, 4) is 17.6 Å². The number of halogens is 1. The molecule has 0 atom stereocenters. The van der Waals surface area contributed by atoms with E-state index in [9.17, 15) is 4.39 Å². The van der Waals surface area contributed by atoms with Crippen LogP contribution in [0.4, 0.5) is 4.39 Å². The molecule has 18 heavy (non-hydrogen) atoms. The zero-order valence-corrected chi connectivity index (χ0v) is 10.3. The van der Waals surface area contributed by atoms with Gasteiger partial charge in [-0.3, -0.25) is 0 Å². The minimum atomic E-state index is -0.342. The van der Waals surface area contributed by atoms with Crippen molar-refractivity contribution in [1.29, 1.82) is 0 Å². The Morgan fingerprint density at radius 1 is 1.33 bits per heavy atom. The monoisotopic (exact) mass is 248 g/mol. The third-order valence-corrected chi connectivity index (χ3v) is 3.19. The Morgan fingerprint density at radius 2 is 2.11 bits per heavy atom. The zero-order valence-electron chi connectivity index (χ0n) is 10.3. The predicted octanol–water partition coefficient (Wildman–Crippen LogP) is 2.74. The van der Waals surface area contributed by atoms with Crippen molar-refractivity contribution < 1.29 is 14.2 Å². The Bertz CT molecular complexity index is 453. The average Bonchev–Trinajstić information content (AvgIpc) is 2.88. The highest BCUT2D eigenvalue weighted by Gasteiger charge is 2.16. The summed E-state index contributed by atoms with van der Waals surface area (Å²) in [6.07, 6.45) is 4.96. The summed E-state index contributed by atoms with van der Waals surface area (Å²) in [7, 11) is 0. The lowest BCUT2D eigenvalue weighted by Gasteiger charge is -2.12. The molecule has 1 saturated carbocycles. The van der Waals surface area contributed by atoms with Crippen molar-refractivity contribution in [3.63, 3.8) is 0 Å². The second-order valence-corrected chi connectivity index (χ2v) is 4.56. The standard InChI is InChI=1S/C15H17FO2/c16-14-7-8-15(13(10-14)6-3-9-17)18-11-12-4-1-2-5-12/h7-8,10,12,17H,1-2,4-5,9,11H2. The summed E-state index contributed by atoms with van der Waals surface area (Å²) in [5.41, 5.74) is 0.502. The Morgan fingerprint density at radius 3 is 2.83 bits per heavy atom. The topological polar surface area (TPSA) is 29.5 Å². The summed E-state index contributed by atoms with van der Waals surface area (Å²) in [5, 5.41) is 8.68. The molecule has 1 aromatic carbocycles. The van der Waals surface area contributed by atoms with E-state index in [1.165, 1.54) is 37.8 Å². The van der Waals surface area contributed by atoms with E-state index in [1.807, 2.05) is 0 Å². The van der Waals surface area contributed by atoms with Crippen LogP contribution in [0.2, 0.25) is 0 Å². The summed E-state index contributed by atoms with van der Waals surface area (Å²) < 4.78 is 18.9. The number of aliphatic hydroxyl groups excluding tert-OH is 1. The van der Waals surface area contributed by atoms with Gasteiger partial charge in [0.2, 0.25) is 0 Å². The maximum Gasteiger partial charge on any atom is 0.135 e. The molecule has 2 rings (SSSR count). The van der Waals surface area contributed by atoms with Crippen LogP contribution in [0.5, 0.6) is 5.75 Å². The summed E-state index contributed by atoms with van der Waals surface area (Å²) >= 11 is 0. The zero-order chi connectivity index (χ0) is 12.8. The van der Waals surface area contributed by atoms with Gasteiger partial charge in [-0.05, 0) is 37.0 Å². The molecule has 96 valence electrons. The molecule has 0 saturated heterocycles. The minimum absolute atomic E-state index is 0.238. The molecule has 3 heteroatoms. The number of aliphatic hydroxyl groups is 1. The molecule has 1 aliphatic rings. The number of rotatable bonds is 3. The van der Waals surface area contributed by atoms with Gasteiger partial charge >= 0.3 is 0 Å². The van der Waals surface area contributed by atoms with E-state index in [4.69, 9.17) is 9.84 Å². The average molecular weight is 248 g/mol. The van der Waals surface area contributed by atoms with Crippen molar-refractivity contribution in [1.82, 2.24) is 0 Å². The molecule has 0 aliphatic heterocycles. The Balaban J connectivity index is 2.05. The summed E-state index contributed by atoms with van der Waals surface area (Å²) in [4.78, 5) is 0. The third kappa shape index (κ3) is 3.48. The lowest BCUT2D eigenvalue weighted by Crippen LogP contribution is -2.08. The van der Waals surface area contributed by atoms with Crippen LogP contribution >= 0.6 is 0 Å². The molecule has 0 spiro atoms. The third-order valence-electron chi connectivity index (χ3n) is 3.19. The van der Waals surface area contributed by atoms with E-state index in [0.717, 1.165) is 0 Å². The van der Waals surface area contributed by atoms with E-state index < -0.39 is 0 Å². The minimum Gasteiger partial charge on any atom is -0.492 e. The van der Waals surface area contributed by atoms with Gasteiger partial charge in [-0.25, -0.2) is 4.39 Å². The van der Waals surface area contributed by atoms with Gasteiger partial charge in [0.25, 0.3) is 0 Å². The molecule has 0 heterocycles. The van der Waals surface area contributed by atoms with Crippen LogP contribution in [-0.2, 0) is 0 Å². The van der Waals surface area contributed by atoms with Gasteiger partial charge in [0.15, 0.2) is 0 Å². The molecule has 1 aromatic rings. The molecule has 0 amide bonds. The van der Waals surface area contributed by atoms with Gasteiger partial charge in [-0.15, -0.1) is 0 Å². The van der Waals surface area contributed by atoms with Crippen molar-refractivity contribution in [2.24, 2.45) is 5.92 Å². The Labute approximate surface area is 107 Å². The first kappa shape index (κ1) is 12.9. The largest absolute Gasteiger partial charge is 0.492 e. The summed E-state index contributed by atoms with van der Waals surface area (Å²) in [5.74, 6) is 6.10. The normalized spacial score (nSPS) is 15.2. The Hall–Kier alpha value is -1.53. The smallest absolute Gasteiger partial charge is 0.135 e. The molecule has 1 N–H and O–H groups in total. The maximum absolute atomic E-state index is 13.1. The van der Waals surface area contributed by atoms with Crippen molar-refractivity contribution >= 4 is 0 Å². The fourth-order valence-electron chi connectivity index (χ4n) is 2.25. The van der Waals surface area contributed by atoms with E-state index in [1.54, 1.807) is 6.07 Å². The van der Waals surface area contributed by atoms with Crippen LogP contribution in [0.1, 0.15) is 31.2 Å². The van der Waals surface area contributed by atoms with Gasteiger partial charge in [0.05, 0.1) is 12.2 Å². The van der Waals surface area contributed by atoms with Gasteiger partial charge in [-0.2, -0.15) is 0 Å². The maximum atomic E-state index is 13.1. The van der Waals surface area contributed by atoms with Crippen molar-refractivity contribution in [3.05, 3.63) is 29.6 Å². The highest BCUT2D eigenvalue weighted by atomic mass is 19.1.